The molecule has 102 valence electrons. The molecule has 0 saturated carbocycles. The van der Waals surface area contributed by atoms with Crippen LogP contribution in [0.5, 0.6) is 0 Å². The molecule has 1 heterocycles. The molecule has 17 heavy (non-hydrogen) atoms. The maximum atomic E-state index is 9.54. The van der Waals surface area contributed by atoms with Gasteiger partial charge in [-0.3, -0.25) is 0 Å². The molecule has 2 unspecified atom stereocenters. The largest absolute Gasteiger partial charge is 0.396 e. The first-order valence-corrected chi connectivity index (χ1v) is 7.15. The second kappa shape index (κ2) is 7.34. The SMILES string of the molecule is CCC1CC(NCC(CC)(CC)CO)CCO1. The third kappa shape index (κ3) is 4.23. The maximum Gasteiger partial charge on any atom is 0.0587 e. The lowest BCUT2D eigenvalue weighted by Gasteiger charge is -2.35. The highest BCUT2D eigenvalue weighted by molar-refractivity contribution is 4.83. The van der Waals surface area contributed by atoms with Crippen LogP contribution in [0.2, 0.25) is 0 Å². The highest BCUT2D eigenvalue weighted by Gasteiger charge is 2.28. The van der Waals surface area contributed by atoms with Crippen molar-refractivity contribution in [2.45, 2.75) is 65.0 Å². The number of ether oxygens (including phenoxy) is 1. The van der Waals surface area contributed by atoms with Crippen LogP contribution < -0.4 is 5.32 Å². The molecule has 2 N–H and O–H groups in total. The fourth-order valence-electron chi connectivity index (χ4n) is 2.49. The summed E-state index contributed by atoms with van der Waals surface area (Å²) in [6.45, 7) is 8.61. The van der Waals surface area contributed by atoms with Crippen LogP contribution in [0.25, 0.3) is 0 Å². The molecule has 1 rings (SSSR count). The van der Waals surface area contributed by atoms with Crippen molar-refractivity contribution in [1.29, 1.82) is 0 Å². The van der Waals surface area contributed by atoms with E-state index < -0.39 is 0 Å². The molecule has 0 aromatic heterocycles. The molecule has 0 aromatic carbocycles. The van der Waals surface area contributed by atoms with Gasteiger partial charge in [0.05, 0.1) is 6.10 Å². The molecule has 2 atom stereocenters. The molecule has 3 nitrogen and oxygen atoms in total. The van der Waals surface area contributed by atoms with Crippen molar-refractivity contribution in [2.24, 2.45) is 5.41 Å². The molecular formula is C14H29NO2. The van der Waals surface area contributed by atoms with E-state index in [2.05, 4.69) is 26.1 Å². The third-order valence-electron chi connectivity index (χ3n) is 4.42. The van der Waals surface area contributed by atoms with Crippen LogP contribution in [-0.4, -0.2) is 37.0 Å². The standard InChI is InChI=1S/C14H29NO2/c1-4-13-9-12(7-8-17-13)15-10-14(5-2,6-3)11-16/h12-13,15-16H,4-11H2,1-3H3. The van der Waals surface area contributed by atoms with Crippen LogP contribution in [0.1, 0.15) is 52.9 Å². The van der Waals surface area contributed by atoms with Gasteiger partial charge in [-0.05, 0) is 32.1 Å². The minimum atomic E-state index is 0.0695. The van der Waals surface area contributed by atoms with Crippen LogP contribution in [0.15, 0.2) is 0 Å². The maximum absolute atomic E-state index is 9.54. The molecule has 1 fully saturated rings. The summed E-state index contributed by atoms with van der Waals surface area (Å²) in [5.41, 5.74) is 0.0695. The predicted molar refractivity (Wildman–Crippen MR) is 71.2 cm³/mol. The van der Waals surface area contributed by atoms with Crippen molar-refractivity contribution in [3.63, 3.8) is 0 Å². The average Bonchev–Trinajstić information content (AvgIpc) is 2.41. The highest BCUT2D eigenvalue weighted by atomic mass is 16.5. The molecule has 0 amide bonds. The summed E-state index contributed by atoms with van der Waals surface area (Å²) in [5.74, 6) is 0. The van der Waals surface area contributed by atoms with Crippen molar-refractivity contribution >= 4 is 0 Å². The molecule has 0 spiro atoms. The molecule has 0 aromatic rings. The quantitative estimate of drug-likeness (QED) is 0.721. The van der Waals surface area contributed by atoms with E-state index >= 15 is 0 Å². The van der Waals surface area contributed by atoms with E-state index in [0.29, 0.717) is 12.1 Å². The zero-order valence-corrected chi connectivity index (χ0v) is 11.7. The zero-order chi connectivity index (χ0) is 12.7. The van der Waals surface area contributed by atoms with Crippen molar-refractivity contribution in [1.82, 2.24) is 5.32 Å². The molecule has 0 radical (unpaired) electrons. The lowest BCUT2D eigenvalue weighted by molar-refractivity contribution is -0.00368. The van der Waals surface area contributed by atoms with Gasteiger partial charge in [-0.2, -0.15) is 0 Å². The summed E-state index contributed by atoms with van der Waals surface area (Å²) >= 11 is 0. The van der Waals surface area contributed by atoms with Crippen LogP contribution in [0.3, 0.4) is 0 Å². The molecule has 3 heteroatoms. The van der Waals surface area contributed by atoms with Gasteiger partial charge in [-0.1, -0.05) is 20.8 Å². The Kier molecular flexibility index (Phi) is 6.45. The fraction of sp³-hybridized carbons (Fsp3) is 1.00. The lowest BCUT2D eigenvalue weighted by Crippen LogP contribution is -2.45. The Bertz CT molecular complexity index is 196. The minimum absolute atomic E-state index is 0.0695. The van der Waals surface area contributed by atoms with E-state index in [0.717, 1.165) is 45.3 Å². The second-order valence-corrected chi connectivity index (χ2v) is 5.37. The van der Waals surface area contributed by atoms with Gasteiger partial charge in [-0.25, -0.2) is 0 Å². The Morgan fingerprint density at radius 1 is 1.29 bits per heavy atom. The Morgan fingerprint density at radius 3 is 2.53 bits per heavy atom. The Morgan fingerprint density at radius 2 is 2.00 bits per heavy atom. The van der Waals surface area contributed by atoms with Gasteiger partial charge >= 0.3 is 0 Å². The van der Waals surface area contributed by atoms with Gasteiger partial charge in [0.15, 0.2) is 0 Å². The van der Waals surface area contributed by atoms with Crippen LogP contribution >= 0.6 is 0 Å². The van der Waals surface area contributed by atoms with Crippen molar-refractivity contribution < 1.29 is 9.84 Å². The second-order valence-electron chi connectivity index (χ2n) is 5.37. The normalized spacial score (nSPS) is 26.1. The van der Waals surface area contributed by atoms with Gasteiger partial charge in [-0.15, -0.1) is 0 Å². The number of hydrogen-bond donors (Lipinski definition) is 2. The number of aliphatic hydroxyl groups is 1. The lowest BCUT2D eigenvalue weighted by atomic mass is 9.82. The molecule has 1 aliphatic heterocycles. The minimum Gasteiger partial charge on any atom is -0.396 e. The van der Waals surface area contributed by atoms with Crippen LogP contribution in [0, 0.1) is 5.41 Å². The summed E-state index contributed by atoms with van der Waals surface area (Å²) < 4.78 is 5.68. The van der Waals surface area contributed by atoms with Gasteiger partial charge in [0.25, 0.3) is 0 Å². The Labute approximate surface area is 106 Å². The van der Waals surface area contributed by atoms with Gasteiger partial charge < -0.3 is 15.2 Å². The Hall–Kier alpha value is -0.120. The first-order valence-electron chi connectivity index (χ1n) is 7.15. The molecular weight excluding hydrogens is 214 g/mol. The topological polar surface area (TPSA) is 41.5 Å². The molecule has 1 aliphatic rings. The van der Waals surface area contributed by atoms with Gasteiger partial charge in [0.1, 0.15) is 0 Å². The van der Waals surface area contributed by atoms with Gasteiger partial charge in [0, 0.05) is 31.2 Å². The molecule has 0 bridgehead atoms. The van der Waals surface area contributed by atoms with Crippen molar-refractivity contribution in [2.75, 3.05) is 19.8 Å². The van der Waals surface area contributed by atoms with Crippen molar-refractivity contribution in [3.05, 3.63) is 0 Å². The van der Waals surface area contributed by atoms with E-state index in [-0.39, 0.29) is 12.0 Å². The van der Waals surface area contributed by atoms with E-state index in [4.69, 9.17) is 4.74 Å². The molecule has 1 saturated heterocycles. The molecule has 0 aliphatic carbocycles. The van der Waals surface area contributed by atoms with Gasteiger partial charge in [0.2, 0.25) is 0 Å². The number of hydrogen-bond acceptors (Lipinski definition) is 3. The summed E-state index contributed by atoms with van der Waals surface area (Å²) in [5, 5.41) is 13.2. The van der Waals surface area contributed by atoms with E-state index in [9.17, 15) is 5.11 Å². The summed E-state index contributed by atoms with van der Waals surface area (Å²) in [4.78, 5) is 0. The summed E-state index contributed by atoms with van der Waals surface area (Å²) in [6.07, 6.45) is 5.82. The number of aliphatic hydroxyl groups excluding tert-OH is 1. The third-order valence-corrected chi connectivity index (χ3v) is 4.42. The fourth-order valence-corrected chi connectivity index (χ4v) is 2.49. The zero-order valence-electron chi connectivity index (χ0n) is 11.7. The highest BCUT2D eigenvalue weighted by Crippen LogP contribution is 2.25. The number of nitrogens with one attached hydrogen (secondary N) is 1. The number of rotatable bonds is 7. The van der Waals surface area contributed by atoms with Crippen molar-refractivity contribution in [3.8, 4) is 0 Å². The Balaban J connectivity index is 2.38. The van der Waals surface area contributed by atoms with E-state index in [1.807, 2.05) is 0 Å². The monoisotopic (exact) mass is 243 g/mol. The average molecular weight is 243 g/mol. The first kappa shape index (κ1) is 14.9. The smallest absolute Gasteiger partial charge is 0.0587 e. The predicted octanol–water partition coefficient (Wildman–Crippen LogP) is 2.33. The van der Waals surface area contributed by atoms with E-state index in [1.54, 1.807) is 0 Å². The van der Waals surface area contributed by atoms with E-state index in [1.165, 1.54) is 0 Å². The first-order chi connectivity index (χ1) is 8.19. The van der Waals surface area contributed by atoms with Crippen LogP contribution in [0.4, 0.5) is 0 Å². The summed E-state index contributed by atoms with van der Waals surface area (Å²) in [7, 11) is 0. The summed E-state index contributed by atoms with van der Waals surface area (Å²) in [6, 6.07) is 0.567. The van der Waals surface area contributed by atoms with Crippen LogP contribution in [-0.2, 0) is 4.74 Å².